The van der Waals surface area contributed by atoms with Crippen LogP contribution in [0.4, 0.5) is 5.69 Å². The zero-order valence-electron chi connectivity index (χ0n) is 9.96. The molecule has 0 spiro atoms. The smallest absolute Gasteiger partial charge is 0.0820 e. The van der Waals surface area contributed by atoms with Crippen LogP contribution in [0.3, 0.4) is 0 Å². The van der Waals surface area contributed by atoms with E-state index < -0.39 is 0 Å². The number of hydrogen-bond acceptors (Lipinski definition) is 3. The number of anilines is 1. The molecule has 0 amide bonds. The molecule has 0 unspecified atom stereocenters. The van der Waals surface area contributed by atoms with E-state index in [4.69, 9.17) is 17.3 Å². The molecule has 4 heteroatoms. The van der Waals surface area contributed by atoms with E-state index in [1.165, 1.54) is 0 Å². The third kappa shape index (κ3) is 4.37. The Morgan fingerprint density at radius 1 is 1.50 bits per heavy atom. The first-order valence-electron chi connectivity index (χ1n) is 5.58. The molecule has 1 rings (SSSR count). The van der Waals surface area contributed by atoms with Gasteiger partial charge in [0.1, 0.15) is 0 Å². The van der Waals surface area contributed by atoms with Gasteiger partial charge in [-0.25, -0.2) is 0 Å². The summed E-state index contributed by atoms with van der Waals surface area (Å²) >= 11 is 6.01. The Balaban J connectivity index is 2.47. The summed E-state index contributed by atoms with van der Waals surface area (Å²) in [5, 5.41) is 4.01. The molecular weight excluding hydrogens is 222 g/mol. The number of nitrogens with zero attached hydrogens (tertiary/aromatic N) is 1. The summed E-state index contributed by atoms with van der Waals surface area (Å²) in [7, 11) is 0. The van der Waals surface area contributed by atoms with E-state index in [2.05, 4.69) is 24.1 Å². The van der Waals surface area contributed by atoms with Crippen LogP contribution in [0.15, 0.2) is 18.5 Å². The summed E-state index contributed by atoms with van der Waals surface area (Å²) < 4.78 is 0. The van der Waals surface area contributed by atoms with E-state index in [0.717, 1.165) is 31.6 Å². The molecule has 0 aliphatic heterocycles. The number of halogens is 1. The van der Waals surface area contributed by atoms with Crippen LogP contribution >= 0.6 is 11.6 Å². The Kier molecular flexibility index (Phi) is 5.03. The molecule has 3 N–H and O–H groups in total. The highest BCUT2D eigenvalue weighted by Crippen LogP contribution is 2.25. The van der Waals surface area contributed by atoms with Crippen molar-refractivity contribution in [1.82, 2.24) is 4.98 Å². The van der Waals surface area contributed by atoms with Gasteiger partial charge in [0.2, 0.25) is 0 Å². The third-order valence-corrected chi connectivity index (χ3v) is 2.89. The fourth-order valence-corrected chi connectivity index (χ4v) is 1.71. The number of nitrogens with two attached hydrogens (primary N) is 1. The SMILES string of the molecule is CC(C)(CCCN)CNc1ccncc1Cl. The number of aromatic nitrogens is 1. The van der Waals surface area contributed by atoms with Crippen LogP contribution < -0.4 is 11.1 Å². The molecule has 0 saturated heterocycles. The van der Waals surface area contributed by atoms with Crippen molar-refractivity contribution in [3.05, 3.63) is 23.5 Å². The second-order valence-electron chi connectivity index (χ2n) is 4.77. The predicted octanol–water partition coefficient (Wildman–Crippen LogP) is 2.91. The Morgan fingerprint density at radius 2 is 2.25 bits per heavy atom. The Hall–Kier alpha value is -0.800. The van der Waals surface area contributed by atoms with E-state index in [1.54, 1.807) is 12.4 Å². The van der Waals surface area contributed by atoms with E-state index in [1.807, 2.05) is 6.07 Å². The van der Waals surface area contributed by atoms with Gasteiger partial charge in [0.05, 0.1) is 10.7 Å². The molecule has 0 aromatic carbocycles. The zero-order chi connectivity index (χ0) is 12.0. The van der Waals surface area contributed by atoms with Crippen molar-refractivity contribution in [1.29, 1.82) is 0 Å². The van der Waals surface area contributed by atoms with Gasteiger partial charge in [-0.1, -0.05) is 25.4 Å². The number of rotatable bonds is 6. The molecule has 16 heavy (non-hydrogen) atoms. The van der Waals surface area contributed by atoms with Crippen molar-refractivity contribution in [3.63, 3.8) is 0 Å². The first-order chi connectivity index (χ1) is 7.55. The number of pyridine rings is 1. The first kappa shape index (κ1) is 13.3. The van der Waals surface area contributed by atoms with Crippen molar-refractivity contribution in [2.24, 2.45) is 11.1 Å². The molecule has 0 bridgehead atoms. The lowest BCUT2D eigenvalue weighted by Gasteiger charge is -2.25. The van der Waals surface area contributed by atoms with Crippen LogP contribution in [0.5, 0.6) is 0 Å². The number of nitrogens with one attached hydrogen (secondary N) is 1. The van der Waals surface area contributed by atoms with Crippen LogP contribution in [-0.2, 0) is 0 Å². The quantitative estimate of drug-likeness (QED) is 0.805. The summed E-state index contributed by atoms with van der Waals surface area (Å²) in [6.07, 6.45) is 5.55. The van der Waals surface area contributed by atoms with E-state index in [9.17, 15) is 0 Å². The third-order valence-electron chi connectivity index (χ3n) is 2.59. The van der Waals surface area contributed by atoms with Crippen LogP contribution in [-0.4, -0.2) is 18.1 Å². The summed E-state index contributed by atoms with van der Waals surface area (Å²) in [4.78, 5) is 3.95. The maximum absolute atomic E-state index is 6.01. The molecule has 3 nitrogen and oxygen atoms in total. The molecule has 0 saturated carbocycles. The predicted molar refractivity (Wildman–Crippen MR) is 69.8 cm³/mol. The molecule has 1 aromatic heterocycles. The van der Waals surface area contributed by atoms with E-state index in [0.29, 0.717) is 5.02 Å². The highest BCUT2D eigenvalue weighted by molar-refractivity contribution is 6.33. The summed E-state index contributed by atoms with van der Waals surface area (Å²) in [6, 6.07) is 1.89. The second kappa shape index (κ2) is 6.06. The van der Waals surface area contributed by atoms with Gasteiger partial charge in [0.25, 0.3) is 0 Å². The van der Waals surface area contributed by atoms with Gasteiger partial charge in [0, 0.05) is 18.9 Å². The van der Waals surface area contributed by atoms with Crippen LogP contribution in [0.1, 0.15) is 26.7 Å². The minimum absolute atomic E-state index is 0.228. The fourth-order valence-electron chi connectivity index (χ4n) is 1.52. The Bertz CT molecular complexity index is 326. The first-order valence-corrected chi connectivity index (χ1v) is 5.96. The highest BCUT2D eigenvalue weighted by atomic mass is 35.5. The molecule has 0 aliphatic carbocycles. The Morgan fingerprint density at radius 3 is 2.88 bits per heavy atom. The summed E-state index contributed by atoms with van der Waals surface area (Å²) in [6.45, 7) is 6.09. The standard InChI is InChI=1S/C12H20ClN3/c1-12(2,5-3-6-14)9-16-11-4-7-15-8-10(11)13/h4,7-8H,3,5-6,9,14H2,1-2H3,(H,15,16). The summed E-state index contributed by atoms with van der Waals surface area (Å²) in [5.74, 6) is 0. The van der Waals surface area contributed by atoms with Gasteiger partial charge < -0.3 is 11.1 Å². The molecule has 90 valence electrons. The van der Waals surface area contributed by atoms with E-state index >= 15 is 0 Å². The lowest BCUT2D eigenvalue weighted by molar-refractivity contribution is 0.350. The highest BCUT2D eigenvalue weighted by Gasteiger charge is 2.17. The van der Waals surface area contributed by atoms with Gasteiger partial charge in [-0.3, -0.25) is 4.98 Å². The van der Waals surface area contributed by atoms with Gasteiger partial charge in [-0.2, -0.15) is 0 Å². The molecule has 0 atom stereocenters. The average molecular weight is 242 g/mol. The van der Waals surface area contributed by atoms with Gasteiger partial charge >= 0.3 is 0 Å². The maximum Gasteiger partial charge on any atom is 0.0820 e. The largest absolute Gasteiger partial charge is 0.383 e. The topological polar surface area (TPSA) is 50.9 Å². The van der Waals surface area contributed by atoms with Gasteiger partial charge in [0.15, 0.2) is 0 Å². The van der Waals surface area contributed by atoms with Crippen molar-refractivity contribution in [2.45, 2.75) is 26.7 Å². The van der Waals surface area contributed by atoms with E-state index in [-0.39, 0.29) is 5.41 Å². The van der Waals surface area contributed by atoms with Gasteiger partial charge in [-0.15, -0.1) is 0 Å². The zero-order valence-corrected chi connectivity index (χ0v) is 10.7. The monoisotopic (exact) mass is 241 g/mol. The van der Waals surface area contributed by atoms with Crippen molar-refractivity contribution >= 4 is 17.3 Å². The molecule has 1 aromatic rings. The van der Waals surface area contributed by atoms with Crippen molar-refractivity contribution in [2.75, 3.05) is 18.4 Å². The Labute approximate surface area is 102 Å². The van der Waals surface area contributed by atoms with Crippen molar-refractivity contribution < 1.29 is 0 Å². The van der Waals surface area contributed by atoms with Crippen molar-refractivity contribution in [3.8, 4) is 0 Å². The molecule has 0 fully saturated rings. The number of hydrogen-bond donors (Lipinski definition) is 2. The average Bonchev–Trinajstić information content (AvgIpc) is 2.26. The lowest BCUT2D eigenvalue weighted by atomic mass is 9.87. The molecule has 0 radical (unpaired) electrons. The minimum Gasteiger partial charge on any atom is -0.383 e. The van der Waals surface area contributed by atoms with Crippen LogP contribution in [0, 0.1) is 5.41 Å². The van der Waals surface area contributed by atoms with Crippen LogP contribution in [0.2, 0.25) is 5.02 Å². The molecular formula is C12H20ClN3. The minimum atomic E-state index is 0.228. The fraction of sp³-hybridized carbons (Fsp3) is 0.583. The normalized spacial score (nSPS) is 11.5. The van der Waals surface area contributed by atoms with Gasteiger partial charge in [-0.05, 0) is 30.9 Å². The maximum atomic E-state index is 6.01. The second-order valence-corrected chi connectivity index (χ2v) is 5.17. The van der Waals surface area contributed by atoms with Crippen LogP contribution in [0.25, 0.3) is 0 Å². The lowest BCUT2D eigenvalue weighted by Crippen LogP contribution is -2.24. The summed E-state index contributed by atoms with van der Waals surface area (Å²) in [5.41, 5.74) is 6.69. The molecule has 0 aliphatic rings. The molecule has 1 heterocycles.